The van der Waals surface area contributed by atoms with Crippen molar-refractivity contribution in [3.05, 3.63) is 69.5 Å². The Kier molecular flexibility index (Phi) is 6.56. The molecule has 2 aromatic heterocycles. The topological polar surface area (TPSA) is 73.3 Å². The van der Waals surface area contributed by atoms with Crippen LogP contribution in [0, 0.1) is 0 Å². The standard InChI is InChI=1S/C29H31Cl2N3O3/c1-17(2)34-25-14-20(9-8-19(25)15-32-34)29(35)12-10-21(11-13-29)36-16-22-27(33-37-28(22)18-6-7-18)26-23(30)4-3-5-24(26)31/h3-5,8-9,14-15,17-18,21,35H,6-7,10-13,16H2,1-2H3/t21-,29+. The third kappa shape index (κ3) is 4.69. The number of ether oxygens (including phenoxy) is 1. The van der Waals surface area contributed by atoms with Gasteiger partial charge in [-0.1, -0.05) is 46.6 Å². The Labute approximate surface area is 226 Å². The Morgan fingerprint density at radius 1 is 1.11 bits per heavy atom. The summed E-state index contributed by atoms with van der Waals surface area (Å²) in [6, 6.07) is 11.9. The molecule has 2 aliphatic rings. The Bertz CT molecular complexity index is 1410. The highest BCUT2D eigenvalue weighted by atomic mass is 35.5. The van der Waals surface area contributed by atoms with E-state index in [1.165, 1.54) is 0 Å². The lowest BCUT2D eigenvalue weighted by molar-refractivity contribution is -0.0640. The van der Waals surface area contributed by atoms with Crippen molar-refractivity contribution in [2.24, 2.45) is 0 Å². The summed E-state index contributed by atoms with van der Waals surface area (Å²) < 4.78 is 14.2. The van der Waals surface area contributed by atoms with E-state index in [0.717, 1.165) is 53.5 Å². The first-order valence-electron chi connectivity index (χ1n) is 13.1. The van der Waals surface area contributed by atoms with E-state index >= 15 is 0 Å². The first-order chi connectivity index (χ1) is 17.8. The number of hydrogen-bond acceptors (Lipinski definition) is 5. The van der Waals surface area contributed by atoms with Crippen molar-refractivity contribution >= 4 is 34.1 Å². The van der Waals surface area contributed by atoms with Gasteiger partial charge in [0.05, 0.1) is 40.1 Å². The summed E-state index contributed by atoms with van der Waals surface area (Å²) in [4.78, 5) is 0. The lowest BCUT2D eigenvalue weighted by Crippen LogP contribution is -2.34. The number of aliphatic hydroxyl groups is 1. The maximum atomic E-state index is 11.6. The first kappa shape index (κ1) is 24.9. The fourth-order valence-electron chi connectivity index (χ4n) is 5.51. The Morgan fingerprint density at radius 3 is 2.51 bits per heavy atom. The summed E-state index contributed by atoms with van der Waals surface area (Å²) in [5.74, 6) is 1.26. The van der Waals surface area contributed by atoms with Crippen LogP contribution in [0.5, 0.6) is 0 Å². The van der Waals surface area contributed by atoms with Crippen LogP contribution in [-0.2, 0) is 16.9 Å². The summed E-state index contributed by atoms with van der Waals surface area (Å²) in [5.41, 5.74) is 3.43. The van der Waals surface area contributed by atoms with Gasteiger partial charge in [0, 0.05) is 28.5 Å². The van der Waals surface area contributed by atoms with Crippen molar-refractivity contribution < 1.29 is 14.4 Å². The van der Waals surface area contributed by atoms with Crippen LogP contribution in [0.3, 0.4) is 0 Å². The SMILES string of the molecule is CC(C)n1ncc2ccc([C@]3(O)CC[C@@H](OCc4c(-c5c(Cl)cccc5Cl)noc4C4CC4)CC3)cc21. The lowest BCUT2D eigenvalue weighted by atomic mass is 9.78. The van der Waals surface area contributed by atoms with Gasteiger partial charge in [0.25, 0.3) is 0 Å². The number of benzene rings is 2. The van der Waals surface area contributed by atoms with Crippen LogP contribution < -0.4 is 0 Å². The predicted octanol–water partition coefficient (Wildman–Crippen LogP) is 7.80. The van der Waals surface area contributed by atoms with E-state index in [4.69, 9.17) is 32.5 Å². The fraction of sp³-hybridized carbons (Fsp3) is 0.448. The molecule has 194 valence electrons. The molecule has 1 N–H and O–H groups in total. The number of hydrogen-bond donors (Lipinski definition) is 1. The minimum absolute atomic E-state index is 0.0433. The van der Waals surface area contributed by atoms with Crippen molar-refractivity contribution in [2.45, 2.75) is 82.6 Å². The average molecular weight is 540 g/mol. The second-order valence-corrected chi connectivity index (χ2v) is 11.6. The molecule has 6 rings (SSSR count). The number of nitrogens with zero attached hydrogens (tertiary/aromatic N) is 3. The maximum Gasteiger partial charge on any atom is 0.145 e. The molecule has 0 atom stereocenters. The van der Waals surface area contributed by atoms with Crippen LogP contribution in [0.2, 0.25) is 10.0 Å². The van der Waals surface area contributed by atoms with Gasteiger partial charge in [-0.05, 0) is 76.1 Å². The van der Waals surface area contributed by atoms with Crippen molar-refractivity contribution in [2.75, 3.05) is 0 Å². The predicted molar refractivity (Wildman–Crippen MR) is 145 cm³/mol. The van der Waals surface area contributed by atoms with E-state index in [1.54, 1.807) is 0 Å². The van der Waals surface area contributed by atoms with Crippen molar-refractivity contribution in [1.29, 1.82) is 0 Å². The van der Waals surface area contributed by atoms with Crippen LogP contribution in [0.15, 0.2) is 47.1 Å². The Morgan fingerprint density at radius 2 is 1.84 bits per heavy atom. The first-order valence-corrected chi connectivity index (χ1v) is 13.8. The molecule has 4 aromatic rings. The van der Waals surface area contributed by atoms with Gasteiger partial charge in [-0.3, -0.25) is 4.68 Å². The number of halogens is 2. The van der Waals surface area contributed by atoms with E-state index in [9.17, 15) is 5.11 Å². The Balaban J connectivity index is 1.18. The van der Waals surface area contributed by atoms with Crippen LogP contribution in [0.1, 0.15) is 81.2 Å². The van der Waals surface area contributed by atoms with E-state index in [0.29, 0.717) is 46.7 Å². The highest BCUT2D eigenvalue weighted by Gasteiger charge is 2.37. The van der Waals surface area contributed by atoms with Crippen LogP contribution >= 0.6 is 23.2 Å². The highest BCUT2D eigenvalue weighted by Crippen LogP contribution is 2.46. The van der Waals surface area contributed by atoms with Gasteiger partial charge in [-0.15, -0.1) is 0 Å². The minimum atomic E-state index is -0.868. The molecule has 37 heavy (non-hydrogen) atoms. The molecule has 0 unspecified atom stereocenters. The van der Waals surface area contributed by atoms with Gasteiger partial charge in [0.15, 0.2) is 0 Å². The average Bonchev–Trinajstić information content (AvgIpc) is 3.49. The molecular formula is C29H31Cl2N3O3. The second kappa shape index (κ2) is 9.73. The molecule has 0 amide bonds. The maximum absolute atomic E-state index is 11.6. The molecule has 6 nitrogen and oxygen atoms in total. The molecule has 0 bridgehead atoms. The fourth-order valence-corrected chi connectivity index (χ4v) is 6.09. The largest absolute Gasteiger partial charge is 0.385 e. The zero-order valence-electron chi connectivity index (χ0n) is 21.1. The molecule has 0 aliphatic heterocycles. The van der Waals surface area contributed by atoms with Gasteiger partial charge < -0.3 is 14.4 Å². The van der Waals surface area contributed by atoms with Gasteiger partial charge in [-0.2, -0.15) is 5.10 Å². The zero-order valence-corrected chi connectivity index (χ0v) is 22.6. The molecule has 2 saturated carbocycles. The second-order valence-electron chi connectivity index (χ2n) is 10.7. The van der Waals surface area contributed by atoms with Crippen LogP contribution in [0.4, 0.5) is 0 Å². The number of rotatable bonds is 7. The summed E-state index contributed by atoms with van der Waals surface area (Å²) >= 11 is 13.0. The number of aromatic nitrogens is 3. The van der Waals surface area contributed by atoms with Gasteiger partial charge in [-0.25, -0.2) is 0 Å². The smallest absolute Gasteiger partial charge is 0.145 e. The van der Waals surface area contributed by atoms with E-state index in [1.807, 2.05) is 35.1 Å². The third-order valence-corrected chi connectivity index (χ3v) is 8.44. The van der Waals surface area contributed by atoms with Gasteiger partial charge in [0.1, 0.15) is 11.5 Å². The van der Waals surface area contributed by atoms with Crippen molar-refractivity contribution in [3.63, 3.8) is 0 Å². The third-order valence-electron chi connectivity index (χ3n) is 7.81. The van der Waals surface area contributed by atoms with Crippen molar-refractivity contribution in [1.82, 2.24) is 14.9 Å². The van der Waals surface area contributed by atoms with Gasteiger partial charge in [0.2, 0.25) is 0 Å². The minimum Gasteiger partial charge on any atom is -0.385 e. The quantitative estimate of drug-likeness (QED) is 0.259. The van der Waals surface area contributed by atoms with Crippen molar-refractivity contribution in [3.8, 4) is 11.3 Å². The molecule has 2 aromatic carbocycles. The normalized spacial score (nSPS) is 22.3. The van der Waals surface area contributed by atoms with Crippen LogP contribution in [-0.4, -0.2) is 26.1 Å². The molecular weight excluding hydrogens is 509 g/mol. The van der Waals surface area contributed by atoms with Crippen LogP contribution in [0.25, 0.3) is 22.2 Å². The van der Waals surface area contributed by atoms with E-state index < -0.39 is 5.60 Å². The highest BCUT2D eigenvalue weighted by molar-refractivity contribution is 6.39. The monoisotopic (exact) mass is 539 g/mol. The lowest BCUT2D eigenvalue weighted by Gasteiger charge is -2.36. The molecule has 2 fully saturated rings. The Hall–Kier alpha value is -2.38. The van der Waals surface area contributed by atoms with E-state index in [-0.39, 0.29) is 12.1 Å². The van der Waals surface area contributed by atoms with E-state index in [2.05, 4.69) is 36.2 Å². The number of fused-ring (bicyclic) bond motifs is 1. The molecule has 2 aliphatic carbocycles. The molecule has 0 spiro atoms. The summed E-state index contributed by atoms with van der Waals surface area (Å²) in [6.45, 7) is 4.62. The molecule has 2 heterocycles. The molecule has 0 saturated heterocycles. The zero-order chi connectivity index (χ0) is 25.7. The summed E-state index contributed by atoms with van der Waals surface area (Å²) in [5, 5.41) is 22.6. The summed E-state index contributed by atoms with van der Waals surface area (Å²) in [6.07, 6.45) is 6.93. The van der Waals surface area contributed by atoms with Gasteiger partial charge >= 0.3 is 0 Å². The molecule has 8 heteroatoms. The molecule has 0 radical (unpaired) electrons. The summed E-state index contributed by atoms with van der Waals surface area (Å²) in [7, 11) is 0.